The van der Waals surface area contributed by atoms with Gasteiger partial charge in [-0.05, 0) is 18.6 Å². The van der Waals surface area contributed by atoms with E-state index in [9.17, 15) is 0 Å². The van der Waals surface area contributed by atoms with Gasteiger partial charge in [-0.2, -0.15) is 0 Å². The fraction of sp³-hybridized carbons (Fsp3) is 0.455. The quantitative estimate of drug-likeness (QED) is 0.677. The Labute approximate surface area is 95.0 Å². The molecular formula is C11H14Cl2O. The van der Waals surface area contributed by atoms with E-state index in [0.717, 1.165) is 6.42 Å². The molecule has 1 rings (SSSR count). The van der Waals surface area contributed by atoms with Crippen LogP contribution in [0.1, 0.15) is 26.2 Å². The van der Waals surface area contributed by atoms with Crippen LogP contribution >= 0.6 is 23.2 Å². The van der Waals surface area contributed by atoms with Gasteiger partial charge in [0.1, 0.15) is 5.75 Å². The van der Waals surface area contributed by atoms with Crippen molar-refractivity contribution in [1.29, 1.82) is 0 Å². The first-order valence-electron chi connectivity index (χ1n) is 4.82. The molecule has 0 saturated carbocycles. The van der Waals surface area contributed by atoms with Gasteiger partial charge in [0.2, 0.25) is 0 Å². The predicted octanol–water partition coefficient (Wildman–Crippen LogP) is 4.56. The van der Waals surface area contributed by atoms with E-state index in [0.29, 0.717) is 22.4 Å². The second-order valence-electron chi connectivity index (χ2n) is 3.13. The van der Waals surface area contributed by atoms with Gasteiger partial charge in [0.15, 0.2) is 0 Å². The summed E-state index contributed by atoms with van der Waals surface area (Å²) in [6, 6.07) is 5.25. The highest BCUT2D eigenvalue weighted by Crippen LogP contribution is 2.27. The molecular weight excluding hydrogens is 219 g/mol. The maximum atomic E-state index is 5.93. The molecule has 0 unspecified atom stereocenters. The van der Waals surface area contributed by atoms with E-state index in [1.807, 2.05) is 0 Å². The molecule has 1 nitrogen and oxygen atoms in total. The summed E-state index contributed by atoms with van der Waals surface area (Å²) in [5.41, 5.74) is 0. The lowest BCUT2D eigenvalue weighted by molar-refractivity contribution is 0.306. The zero-order chi connectivity index (χ0) is 10.4. The van der Waals surface area contributed by atoms with Gasteiger partial charge < -0.3 is 4.74 Å². The topological polar surface area (TPSA) is 9.23 Å². The monoisotopic (exact) mass is 232 g/mol. The van der Waals surface area contributed by atoms with Crippen LogP contribution in [0.25, 0.3) is 0 Å². The van der Waals surface area contributed by atoms with Crippen molar-refractivity contribution in [2.45, 2.75) is 26.2 Å². The summed E-state index contributed by atoms with van der Waals surface area (Å²) in [7, 11) is 0. The molecule has 1 aromatic rings. The summed E-state index contributed by atoms with van der Waals surface area (Å²) < 4.78 is 5.50. The van der Waals surface area contributed by atoms with E-state index in [2.05, 4.69) is 6.92 Å². The van der Waals surface area contributed by atoms with Crippen molar-refractivity contribution in [2.75, 3.05) is 6.61 Å². The second kappa shape index (κ2) is 6.15. The predicted molar refractivity (Wildman–Crippen MR) is 61.5 cm³/mol. The molecule has 0 amide bonds. The summed E-state index contributed by atoms with van der Waals surface area (Å²) in [6.07, 6.45) is 3.42. The molecule has 0 fully saturated rings. The lowest BCUT2D eigenvalue weighted by Crippen LogP contribution is -1.97. The smallest absolute Gasteiger partial charge is 0.139 e. The average molecular weight is 233 g/mol. The van der Waals surface area contributed by atoms with Crippen molar-refractivity contribution < 1.29 is 4.74 Å². The number of ether oxygens (including phenoxy) is 1. The van der Waals surface area contributed by atoms with E-state index in [4.69, 9.17) is 27.9 Å². The Balaban J connectivity index is 2.45. The lowest BCUT2D eigenvalue weighted by Gasteiger charge is -2.07. The van der Waals surface area contributed by atoms with Crippen LogP contribution in [-0.2, 0) is 0 Å². The molecule has 0 heterocycles. The molecule has 0 bridgehead atoms. The number of hydrogen-bond donors (Lipinski definition) is 0. The summed E-state index contributed by atoms with van der Waals surface area (Å²) in [5.74, 6) is 0.676. The third-order valence-corrected chi connectivity index (χ3v) is 2.45. The van der Waals surface area contributed by atoms with E-state index in [1.54, 1.807) is 18.2 Å². The second-order valence-corrected chi connectivity index (χ2v) is 3.97. The van der Waals surface area contributed by atoms with Crippen molar-refractivity contribution in [3.63, 3.8) is 0 Å². The third kappa shape index (κ3) is 3.77. The molecule has 0 aliphatic heterocycles. The fourth-order valence-corrected chi connectivity index (χ4v) is 1.46. The Bertz CT molecular complexity index is 287. The summed E-state index contributed by atoms with van der Waals surface area (Å²) in [4.78, 5) is 0. The summed E-state index contributed by atoms with van der Waals surface area (Å²) in [5, 5.41) is 1.27. The molecule has 0 aromatic heterocycles. The Morgan fingerprint density at radius 2 is 2.00 bits per heavy atom. The van der Waals surface area contributed by atoms with Crippen molar-refractivity contribution in [1.82, 2.24) is 0 Å². The average Bonchev–Trinajstić information content (AvgIpc) is 2.18. The minimum Gasteiger partial charge on any atom is -0.492 e. The molecule has 0 N–H and O–H groups in total. The number of unbranched alkanes of at least 4 members (excludes halogenated alkanes) is 2. The van der Waals surface area contributed by atoms with Crippen LogP contribution in [0.3, 0.4) is 0 Å². The van der Waals surface area contributed by atoms with Crippen LogP contribution in [0, 0.1) is 0 Å². The Morgan fingerprint density at radius 1 is 1.21 bits per heavy atom. The molecule has 0 aliphatic carbocycles. The third-order valence-electron chi connectivity index (χ3n) is 1.90. The van der Waals surface area contributed by atoms with Crippen LogP contribution in [0.2, 0.25) is 10.0 Å². The van der Waals surface area contributed by atoms with Crippen LogP contribution in [0.15, 0.2) is 18.2 Å². The molecule has 78 valence electrons. The van der Waals surface area contributed by atoms with E-state index < -0.39 is 0 Å². The normalized spacial score (nSPS) is 10.2. The Hall–Kier alpha value is -0.400. The minimum atomic E-state index is 0.617. The van der Waals surface area contributed by atoms with Crippen molar-refractivity contribution >= 4 is 23.2 Å². The molecule has 0 spiro atoms. The largest absolute Gasteiger partial charge is 0.492 e. The van der Waals surface area contributed by atoms with Crippen LogP contribution < -0.4 is 4.74 Å². The maximum Gasteiger partial charge on any atom is 0.139 e. The lowest BCUT2D eigenvalue weighted by atomic mass is 10.3. The number of halogens is 2. The number of hydrogen-bond acceptors (Lipinski definition) is 1. The first-order valence-corrected chi connectivity index (χ1v) is 5.57. The highest BCUT2D eigenvalue weighted by atomic mass is 35.5. The van der Waals surface area contributed by atoms with E-state index in [1.165, 1.54) is 12.8 Å². The molecule has 0 radical (unpaired) electrons. The molecule has 0 saturated heterocycles. The molecule has 0 aliphatic rings. The van der Waals surface area contributed by atoms with E-state index >= 15 is 0 Å². The van der Waals surface area contributed by atoms with Gasteiger partial charge in [-0.3, -0.25) is 0 Å². The molecule has 1 aromatic carbocycles. The molecule has 14 heavy (non-hydrogen) atoms. The number of benzene rings is 1. The minimum absolute atomic E-state index is 0.617. The van der Waals surface area contributed by atoms with Gasteiger partial charge in [0.05, 0.1) is 11.6 Å². The molecule has 3 heteroatoms. The highest BCUT2D eigenvalue weighted by molar-refractivity contribution is 6.34. The van der Waals surface area contributed by atoms with Crippen LogP contribution in [0.4, 0.5) is 0 Å². The first-order chi connectivity index (χ1) is 6.74. The highest BCUT2D eigenvalue weighted by Gasteiger charge is 2.01. The van der Waals surface area contributed by atoms with Crippen molar-refractivity contribution in [3.8, 4) is 5.75 Å². The van der Waals surface area contributed by atoms with Gasteiger partial charge in [-0.1, -0.05) is 43.0 Å². The Kier molecular flexibility index (Phi) is 5.13. The van der Waals surface area contributed by atoms with Gasteiger partial charge in [0.25, 0.3) is 0 Å². The van der Waals surface area contributed by atoms with Crippen LogP contribution in [-0.4, -0.2) is 6.61 Å². The maximum absolute atomic E-state index is 5.93. The van der Waals surface area contributed by atoms with Crippen molar-refractivity contribution in [3.05, 3.63) is 28.2 Å². The first kappa shape index (κ1) is 11.7. The Morgan fingerprint density at radius 3 is 2.71 bits per heavy atom. The summed E-state index contributed by atoms with van der Waals surface area (Å²) in [6.45, 7) is 2.86. The summed E-state index contributed by atoms with van der Waals surface area (Å²) >= 11 is 11.7. The number of rotatable bonds is 5. The van der Waals surface area contributed by atoms with Gasteiger partial charge in [0, 0.05) is 11.1 Å². The standard InChI is InChI=1S/C11H14Cl2O/c1-2-3-4-7-14-11-8-9(12)5-6-10(11)13/h5-6,8H,2-4,7H2,1H3. The fourth-order valence-electron chi connectivity index (χ4n) is 1.12. The van der Waals surface area contributed by atoms with E-state index in [-0.39, 0.29) is 0 Å². The van der Waals surface area contributed by atoms with Crippen molar-refractivity contribution in [2.24, 2.45) is 0 Å². The van der Waals surface area contributed by atoms with Gasteiger partial charge >= 0.3 is 0 Å². The van der Waals surface area contributed by atoms with Crippen LogP contribution in [0.5, 0.6) is 5.75 Å². The van der Waals surface area contributed by atoms with Gasteiger partial charge in [-0.25, -0.2) is 0 Å². The van der Waals surface area contributed by atoms with Gasteiger partial charge in [-0.15, -0.1) is 0 Å². The zero-order valence-corrected chi connectivity index (χ0v) is 9.74. The molecule has 0 atom stereocenters. The SMILES string of the molecule is CCCCCOc1cc(Cl)ccc1Cl. The zero-order valence-electron chi connectivity index (χ0n) is 8.22.